The molecule has 0 saturated heterocycles. The van der Waals surface area contributed by atoms with Gasteiger partial charge in [0, 0.05) is 27.1 Å². The van der Waals surface area contributed by atoms with Gasteiger partial charge in [0.2, 0.25) is 0 Å². The number of carbonyl (C=O) groups is 1. The molecule has 2 rings (SSSR count). The molecule has 0 spiro atoms. The van der Waals surface area contributed by atoms with Crippen LogP contribution in [0.15, 0.2) is 51.7 Å². The smallest absolute Gasteiger partial charge is 0.163 e. The average molecular weight is 399 g/mol. The second-order valence-electron chi connectivity index (χ2n) is 4.22. The van der Waals surface area contributed by atoms with Gasteiger partial charge in [-0.2, -0.15) is 0 Å². The van der Waals surface area contributed by atoms with Crippen molar-refractivity contribution in [1.82, 2.24) is 4.98 Å². The van der Waals surface area contributed by atoms with E-state index in [4.69, 9.17) is 4.74 Å². The first-order valence-electron chi connectivity index (χ1n) is 6.17. The fourth-order valence-corrected chi connectivity index (χ4v) is 2.28. The highest BCUT2D eigenvalue weighted by atomic mass is 79.9. The number of halogens is 2. The van der Waals surface area contributed by atoms with Gasteiger partial charge in [0.1, 0.15) is 5.75 Å². The Morgan fingerprint density at radius 1 is 1.10 bits per heavy atom. The molecule has 0 amide bonds. The predicted molar refractivity (Wildman–Crippen MR) is 85.1 cm³/mol. The molecule has 3 nitrogen and oxygen atoms in total. The molecular weight excluding hydrogens is 386 g/mol. The summed E-state index contributed by atoms with van der Waals surface area (Å²) in [6.07, 6.45) is 4.51. The van der Waals surface area contributed by atoms with Crippen LogP contribution in [0.3, 0.4) is 0 Å². The van der Waals surface area contributed by atoms with Crippen LogP contribution < -0.4 is 4.74 Å². The summed E-state index contributed by atoms with van der Waals surface area (Å²) in [5.74, 6) is 0.837. The SMILES string of the molecule is O=C(CCCOc1cncc(Br)c1)c1ccc(Br)cc1. The number of aromatic nitrogens is 1. The van der Waals surface area contributed by atoms with Gasteiger partial charge in [-0.3, -0.25) is 9.78 Å². The van der Waals surface area contributed by atoms with Crippen LogP contribution in [0.5, 0.6) is 5.75 Å². The molecule has 2 aromatic rings. The van der Waals surface area contributed by atoms with Crippen molar-refractivity contribution in [2.75, 3.05) is 6.61 Å². The van der Waals surface area contributed by atoms with Crippen molar-refractivity contribution in [2.24, 2.45) is 0 Å². The lowest BCUT2D eigenvalue weighted by molar-refractivity contribution is 0.0973. The Hall–Kier alpha value is -1.20. The van der Waals surface area contributed by atoms with Crippen LogP contribution in [-0.4, -0.2) is 17.4 Å². The van der Waals surface area contributed by atoms with Gasteiger partial charge in [-0.1, -0.05) is 28.1 Å². The number of ketones is 1. The average Bonchev–Trinajstić information content (AvgIpc) is 2.44. The van der Waals surface area contributed by atoms with E-state index >= 15 is 0 Å². The van der Waals surface area contributed by atoms with E-state index in [1.807, 2.05) is 30.3 Å². The summed E-state index contributed by atoms with van der Waals surface area (Å²) in [5.41, 5.74) is 0.734. The fraction of sp³-hybridized carbons (Fsp3) is 0.200. The third-order valence-electron chi connectivity index (χ3n) is 2.66. The Morgan fingerprint density at radius 3 is 2.55 bits per heavy atom. The molecule has 0 bridgehead atoms. The van der Waals surface area contributed by atoms with E-state index in [0.717, 1.165) is 14.5 Å². The van der Waals surface area contributed by atoms with Crippen LogP contribution >= 0.6 is 31.9 Å². The lowest BCUT2D eigenvalue weighted by Crippen LogP contribution is -2.04. The molecule has 0 fully saturated rings. The Kier molecular flexibility index (Phi) is 5.73. The van der Waals surface area contributed by atoms with Gasteiger partial charge in [-0.05, 0) is 40.5 Å². The normalized spacial score (nSPS) is 10.3. The first-order valence-corrected chi connectivity index (χ1v) is 7.76. The van der Waals surface area contributed by atoms with Gasteiger partial charge >= 0.3 is 0 Å². The maximum Gasteiger partial charge on any atom is 0.163 e. The molecule has 0 unspecified atom stereocenters. The van der Waals surface area contributed by atoms with Crippen molar-refractivity contribution in [3.63, 3.8) is 0 Å². The molecule has 0 aliphatic carbocycles. The van der Waals surface area contributed by atoms with Crippen molar-refractivity contribution in [1.29, 1.82) is 0 Å². The number of hydrogen-bond donors (Lipinski definition) is 0. The minimum atomic E-state index is 0.133. The molecule has 104 valence electrons. The number of carbonyl (C=O) groups excluding carboxylic acids is 1. The molecule has 20 heavy (non-hydrogen) atoms. The van der Waals surface area contributed by atoms with E-state index in [-0.39, 0.29) is 5.78 Å². The van der Waals surface area contributed by atoms with Gasteiger partial charge in [-0.25, -0.2) is 0 Å². The van der Waals surface area contributed by atoms with E-state index in [2.05, 4.69) is 36.8 Å². The molecule has 5 heteroatoms. The zero-order chi connectivity index (χ0) is 14.4. The van der Waals surface area contributed by atoms with Crippen LogP contribution in [0, 0.1) is 0 Å². The standard InChI is InChI=1S/C15H13Br2NO2/c16-12-5-3-11(4-6-12)15(19)2-1-7-20-14-8-13(17)9-18-10-14/h3-6,8-10H,1-2,7H2. The summed E-state index contributed by atoms with van der Waals surface area (Å²) >= 11 is 6.68. The molecular formula is C15H13Br2NO2. The van der Waals surface area contributed by atoms with Crippen molar-refractivity contribution in [2.45, 2.75) is 12.8 Å². The topological polar surface area (TPSA) is 39.2 Å². The molecule has 1 aromatic carbocycles. The third-order valence-corrected chi connectivity index (χ3v) is 3.63. The highest BCUT2D eigenvalue weighted by molar-refractivity contribution is 9.10. The Balaban J connectivity index is 1.76. The Morgan fingerprint density at radius 2 is 1.85 bits per heavy atom. The van der Waals surface area contributed by atoms with E-state index in [1.165, 1.54) is 0 Å². The number of rotatable bonds is 6. The quantitative estimate of drug-likeness (QED) is 0.525. The van der Waals surface area contributed by atoms with E-state index < -0.39 is 0 Å². The summed E-state index contributed by atoms with van der Waals surface area (Å²) < 4.78 is 7.39. The lowest BCUT2D eigenvalue weighted by atomic mass is 10.1. The molecule has 0 saturated carbocycles. The zero-order valence-electron chi connectivity index (χ0n) is 10.7. The van der Waals surface area contributed by atoms with Crippen LogP contribution in [0.25, 0.3) is 0 Å². The largest absolute Gasteiger partial charge is 0.492 e. The molecule has 0 aliphatic rings. The first-order chi connectivity index (χ1) is 9.65. The fourth-order valence-electron chi connectivity index (χ4n) is 1.67. The second-order valence-corrected chi connectivity index (χ2v) is 6.05. The molecule has 1 heterocycles. The van der Waals surface area contributed by atoms with Gasteiger partial charge in [0.05, 0.1) is 12.8 Å². The predicted octanol–water partition coefficient (Wildman–Crippen LogP) is 4.65. The van der Waals surface area contributed by atoms with Gasteiger partial charge < -0.3 is 4.74 Å². The van der Waals surface area contributed by atoms with Gasteiger partial charge in [0.15, 0.2) is 5.78 Å². The zero-order valence-corrected chi connectivity index (χ0v) is 13.9. The third kappa shape index (κ3) is 4.72. The maximum absolute atomic E-state index is 11.9. The molecule has 0 N–H and O–H groups in total. The summed E-state index contributed by atoms with van der Waals surface area (Å²) in [6, 6.07) is 9.24. The number of benzene rings is 1. The van der Waals surface area contributed by atoms with E-state index in [9.17, 15) is 4.79 Å². The minimum absolute atomic E-state index is 0.133. The van der Waals surface area contributed by atoms with Crippen molar-refractivity contribution in [3.05, 3.63) is 57.2 Å². The number of nitrogens with zero attached hydrogens (tertiary/aromatic N) is 1. The molecule has 0 radical (unpaired) electrons. The first kappa shape index (κ1) is 15.2. The Bertz CT molecular complexity index is 585. The van der Waals surface area contributed by atoms with Crippen LogP contribution in [0.4, 0.5) is 0 Å². The number of hydrogen-bond acceptors (Lipinski definition) is 3. The van der Waals surface area contributed by atoms with Crippen LogP contribution in [0.1, 0.15) is 23.2 Å². The summed E-state index contributed by atoms with van der Waals surface area (Å²) in [5, 5.41) is 0. The maximum atomic E-state index is 11.9. The Labute approximate surface area is 134 Å². The van der Waals surface area contributed by atoms with E-state index in [1.54, 1.807) is 12.4 Å². The summed E-state index contributed by atoms with van der Waals surface area (Å²) in [6.45, 7) is 0.500. The lowest BCUT2D eigenvalue weighted by Gasteiger charge is -2.05. The van der Waals surface area contributed by atoms with E-state index in [0.29, 0.717) is 25.2 Å². The monoisotopic (exact) mass is 397 g/mol. The van der Waals surface area contributed by atoms with Crippen LogP contribution in [0.2, 0.25) is 0 Å². The minimum Gasteiger partial charge on any atom is -0.492 e. The summed E-state index contributed by atoms with van der Waals surface area (Å²) in [7, 11) is 0. The van der Waals surface area contributed by atoms with Gasteiger partial charge in [-0.15, -0.1) is 0 Å². The number of pyridine rings is 1. The second kappa shape index (κ2) is 7.55. The number of Topliss-reactive ketones (excluding diaryl/α,β-unsaturated/α-hetero) is 1. The van der Waals surface area contributed by atoms with Crippen LogP contribution in [-0.2, 0) is 0 Å². The highest BCUT2D eigenvalue weighted by Gasteiger charge is 2.05. The molecule has 0 atom stereocenters. The van der Waals surface area contributed by atoms with Crippen molar-refractivity contribution in [3.8, 4) is 5.75 Å². The molecule has 1 aromatic heterocycles. The van der Waals surface area contributed by atoms with Crippen molar-refractivity contribution >= 4 is 37.6 Å². The number of ether oxygens (including phenoxy) is 1. The van der Waals surface area contributed by atoms with Crippen molar-refractivity contribution < 1.29 is 9.53 Å². The van der Waals surface area contributed by atoms with Gasteiger partial charge in [0.25, 0.3) is 0 Å². The highest BCUT2D eigenvalue weighted by Crippen LogP contribution is 2.16. The molecule has 0 aliphatic heterocycles. The summed E-state index contributed by atoms with van der Waals surface area (Å²) in [4.78, 5) is 15.9.